The van der Waals surface area contributed by atoms with E-state index in [0.717, 1.165) is 32.6 Å². The molecule has 10 nitrogen and oxygen atoms in total. The summed E-state index contributed by atoms with van der Waals surface area (Å²) >= 11 is 8.24. The summed E-state index contributed by atoms with van der Waals surface area (Å²) < 4.78 is 42.9. The van der Waals surface area contributed by atoms with E-state index in [1.165, 1.54) is 27.9 Å². The maximum absolute atomic E-state index is 13.9. The average Bonchev–Trinajstić information content (AvgIpc) is 3.61. The smallest absolute Gasteiger partial charge is 0.312 e. The Morgan fingerprint density at radius 1 is 1.17 bits per heavy atom. The van der Waals surface area contributed by atoms with Gasteiger partial charge in [-0.1, -0.05) is 53.2 Å². The van der Waals surface area contributed by atoms with Gasteiger partial charge in [0.25, 0.3) is 0 Å². The molecule has 4 heterocycles. The van der Waals surface area contributed by atoms with Crippen LogP contribution in [0.4, 0.5) is 0 Å². The Kier molecular flexibility index (Phi) is 9.14. The zero-order valence-corrected chi connectivity index (χ0v) is 29.2. The summed E-state index contributed by atoms with van der Waals surface area (Å²) in [6, 6.07) is 18.5. The van der Waals surface area contributed by atoms with Gasteiger partial charge in [-0.2, -0.15) is 4.31 Å². The Labute approximate surface area is 283 Å². The van der Waals surface area contributed by atoms with Crippen molar-refractivity contribution in [3.63, 3.8) is 0 Å². The van der Waals surface area contributed by atoms with E-state index < -0.39 is 27.5 Å². The number of carbonyl (C=O) groups is 1. The fourth-order valence-corrected chi connectivity index (χ4v) is 9.23. The third-order valence-corrected chi connectivity index (χ3v) is 11.9. The fraction of sp³-hybridized carbons (Fsp3) is 0.353. The molecule has 5 aromatic rings. The standard InChI is InChI=1S/C34H36ClN5O5S2/c1-6-40-26-15-14-25(22(3)30(26)37-38-40)29(34(4,5)33(41)44-20-23-11-8-7-9-12-23)27-17-24(31(35)46-27)19-39-18-21(2)45-32-28(47(39,42)43)13-10-16-36-32/h7-17,21,29H,6,18-20H2,1-5H3/t21-,29-/m1/s1. The molecule has 0 radical (unpaired) electrons. The molecule has 246 valence electrons. The SMILES string of the molecule is CCn1nnc2c(C)c([C@H](c3cc(CN4C[C@@H](C)Oc5ncccc5S4(=O)=O)c(Cl)s3)C(C)(C)C(=O)OCc3ccccc3)ccc21. The molecule has 0 spiro atoms. The van der Waals surface area contributed by atoms with Crippen molar-refractivity contribution in [1.82, 2.24) is 24.3 Å². The van der Waals surface area contributed by atoms with Gasteiger partial charge in [-0.15, -0.1) is 16.4 Å². The Bertz CT molecular complexity index is 2040. The highest BCUT2D eigenvalue weighted by Crippen LogP contribution is 2.48. The number of fused-ring (bicyclic) bond motifs is 2. The van der Waals surface area contributed by atoms with Crippen molar-refractivity contribution in [3.8, 4) is 5.88 Å². The first-order valence-electron chi connectivity index (χ1n) is 15.4. The Balaban J connectivity index is 1.40. The van der Waals surface area contributed by atoms with Crippen molar-refractivity contribution >= 4 is 50.0 Å². The van der Waals surface area contributed by atoms with Crippen LogP contribution in [0.15, 0.2) is 71.8 Å². The number of halogens is 1. The van der Waals surface area contributed by atoms with Crippen LogP contribution in [-0.4, -0.2) is 51.3 Å². The summed E-state index contributed by atoms with van der Waals surface area (Å²) in [7, 11) is -3.94. The van der Waals surface area contributed by atoms with Crippen molar-refractivity contribution in [2.24, 2.45) is 5.41 Å². The number of nitrogens with zero attached hydrogens (tertiary/aromatic N) is 5. The summed E-state index contributed by atoms with van der Waals surface area (Å²) in [6.07, 6.45) is 1.07. The maximum Gasteiger partial charge on any atom is 0.312 e. The van der Waals surface area contributed by atoms with Crippen molar-refractivity contribution < 1.29 is 22.7 Å². The fourth-order valence-electron chi connectivity index (χ4n) is 6.08. The number of thiophene rings is 1. The van der Waals surface area contributed by atoms with Gasteiger partial charge in [-0.25, -0.2) is 18.1 Å². The number of sulfonamides is 1. The topological polar surface area (TPSA) is 117 Å². The zero-order valence-electron chi connectivity index (χ0n) is 26.8. The molecule has 0 N–H and O–H groups in total. The number of benzene rings is 2. The van der Waals surface area contributed by atoms with E-state index in [9.17, 15) is 13.2 Å². The molecule has 47 heavy (non-hydrogen) atoms. The lowest BCUT2D eigenvalue weighted by atomic mass is 9.72. The average molecular weight is 694 g/mol. The van der Waals surface area contributed by atoms with E-state index in [4.69, 9.17) is 21.1 Å². The number of hydrogen-bond donors (Lipinski definition) is 0. The Morgan fingerprint density at radius 3 is 2.68 bits per heavy atom. The first-order valence-corrected chi connectivity index (χ1v) is 18.0. The van der Waals surface area contributed by atoms with Gasteiger partial charge in [0.2, 0.25) is 15.9 Å². The number of esters is 1. The first kappa shape index (κ1) is 33.1. The molecular formula is C34H36ClN5O5S2. The lowest BCUT2D eigenvalue weighted by Gasteiger charge is -2.33. The highest BCUT2D eigenvalue weighted by Gasteiger charge is 2.43. The van der Waals surface area contributed by atoms with Crippen LogP contribution < -0.4 is 4.74 Å². The van der Waals surface area contributed by atoms with Crippen molar-refractivity contribution in [1.29, 1.82) is 0 Å². The number of pyridine rings is 1. The van der Waals surface area contributed by atoms with Crippen LogP contribution in [0.1, 0.15) is 60.7 Å². The first-order chi connectivity index (χ1) is 22.4. The molecule has 13 heteroatoms. The van der Waals surface area contributed by atoms with Crippen LogP contribution in [0.2, 0.25) is 4.34 Å². The van der Waals surface area contributed by atoms with E-state index in [1.54, 1.807) is 13.0 Å². The van der Waals surface area contributed by atoms with Crippen LogP contribution in [0.5, 0.6) is 5.88 Å². The van der Waals surface area contributed by atoms with Crippen molar-refractivity contribution in [3.05, 3.63) is 98.3 Å². The number of hydrogen-bond acceptors (Lipinski definition) is 9. The van der Waals surface area contributed by atoms with Gasteiger partial charge in [-0.3, -0.25) is 4.79 Å². The summed E-state index contributed by atoms with van der Waals surface area (Å²) in [5.41, 5.74) is 3.90. The summed E-state index contributed by atoms with van der Waals surface area (Å²) in [6.45, 7) is 10.5. The summed E-state index contributed by atoms with van der Waals surface area (Å²) in [4.78, 5) is 18.9. The van der Waals surface area contributed by atoms with Gasteiger partial charge in [0, 0.05) is 30.1 Å². The third kappa shape index (κ3) is 6.27. The second-order valence-electron chi connectivity index (χ2n) is 12.2. The van der Waals surface area contributed by atoms with E-state index in [1.807, 2.05) is 80.9 Å². The molecule has 0 amide bonds. The van der Waals surface area contributed by atoms with Crippen LogP contribution >= 0.6 is 22.9 Å². The molecule has 2 aromatic carbocycles. The van der Waals surface area contributed by atoms with Gasteiger partial charge >= 0.3 is 5.97 Å². The molecule has 0 saturated heterocycles. The number of ether oxygens (including phenoxy) is 2. The third-order valence-electron chi connectivity index (χ3n) is 8.59. The predicted molar refractivity (Wildman–Crippen MR) is 181 cm³/mol. The molecule has 1 aliphatic heterocycles. The van der Waals surface area contributed by atoms with E-state index in [-0.39, 0.29) is 36.4 Å². The number of aryl methyl sites for hydroxylation is 2. The molecule has 0 aliphatic carbocycles. The van der Waals surface area contributed by atoms with Gasteiger partial charge in [-0.05, 0) is 81.1 Å². The molecule has 6 rings (SSSR count). The Morgan fingerprint density at radius 2 is 1.94 bits per heavy atom. The quantitative estimate of drug-likeness (QED) is 0.156. The van der Waals surface area contributed by atoms with Crippen LogP contribution in [0.25, 0.3) is 11.0 Å². The second-order valence-corrected chi connectivity index (χ2v) is 15.8. The zero-order chi connectivity index (χ0) is 33.5. The molecule has 3 aromatic heterocycles. The minimum atomic E-state index is -3.94. The van der Waals surface area contributed by atoms with E-state index in [0.29, 0.717) is 16.4 Å². The molecule has 0 saturated carbocycles. The Hall–Kier alpha value is -3.84. The largest absolute Gasteiger partial charge is 0.472 e. The van der Waals surface area contributed by atoms with Crippen LogP contribution in [0, 0.1) is 12.3 Å². The summed E-state index contributed by atoms with van der Waals surface area (Å²) in [5.74, 6) is -0.785. The summed E-state index contributed by atoms with van der Waals surface area (Å²) in [5, 5.41) is 8.78. The van der Waals surface area contributed by atoms with Crippen LogP contribution in [-0.2, 0) is 39.3 Å². The normalized spacial score (nSPS) is 17.1. The molecule has 0 unspecified atom stereocenters. The second kappa shape index (κ2) is 13.0. The van der Waals surface area contributed by atoms with Gasteiger partial charge in [0.15, 0.2) is 0 Å². The number of aromatic nitrogens is 4. The van der Waals surface area contributed by atoms with E-state index >= 15 is 0 Å². The maximum atomic E-state index is 13.9. The molecule has 1 aliphatic rings. The van der Waals surface area contributed by atoms with Gasteiger partial charge < -0.3 is 9.47 Å². The lowest BCUT2D eigenvalue weighted by Crippen LogP contribution is -2.35. The van der Waals surface area contributed by atoms with Crippen LogP contribution in [0.3, 0.4) is 0 Å². The predicted octanol–water partition coefficient (Wildman–Crippen LogP) is 6.74. The minimum Gasteiger partial charge on any atom is -0.472 e. The molecule has 0 bridgehead atoms. The number of rotatable bonds is 9. The molecular weight excluding hydrogens is 658 g/mol. The minimum absolute atomic E-state index is 0.0140. The van der Waals surface area contributed by atoms with E-state index in [2.05, 4.69) is 15.3 Å². The number of carbonyl (C=O) groups excluding carboxylic acids is 1. The highest BCUT2D eigenvalue weighted by molar-refractivity contribution is 7.89. The van der Waals surface area contributed by atoms with Crippen molar-refractivity contribution in [2.45, 2.75) is 71.2 Å². The lowest BCUT2D eigenvalue weighted by molar-refractivity contribution is -0.156. The van der Waals surface area contributed by atoms with Crippen molar-refractivity contribution in [2.75, 3.05) is 6.54 Å². The monoisotopic (exact) mass is 693 g/mol. The van der Waals surface area contributed by atoms with Gasteiger partial charge in [0.1, 0.15) is 23.1 Å². The van der Waals surface area contributed by atoms with Gasteiger partial charge in [0.05, 0.1) is 21.8 Å². The molecule has 2 atom stereocenters. The molecule has 0 fully saturated rings. The highest BCUT2D eigenvalue weighted by atomic mass is 35.5.